The van der Waals surface area contributed by atoms with Crippen LogP contribution in [-0.2, 0) is 13.0 Å². The zero-order chi connectivity index (χ0) is 36.0. The van der Waals surface area contributed by atoms with Gasteiger partial charge in [-0.05, 0) is 98.2 Å². The van der Waals surface area contributed by atoms with E-state index in [-0.39, 0.29) is 30.0 Å². The summed E-state index contributed by atoms with van der Waals surface area (Å²) in [5.74, 6) is 3.16. The topological polar surface area (TPSA) is 112 Å². The molecule has 4 fully saturated rings. The molecule has 11 heteroatoms. The molecule has 3 saturated carbocycles. The van der Waals surface area contributed by atoms with Gasteiger partial charge in [0.1, 0.15) is 17.4 Å². The number of aliphatic imine (C=N–C) groups is 1. The molecule has 2 aromatic carbocycles. The molecule has 0 amide bonds. The highest BCUT2D eigenvalue weighted by molar-refractivity contribution is 5.87. The minimum absolute atomic E-state index is 0.0343. The summed E-state index contributed by atoms with van der Waals surface area (Å²) >= 11 is 0. The van der Waals surface area contributed by atoms with E-state index < -0.39 is 0 Å². The molecule has 0 unspecified atom stereocenters. The Bertz CT molecular complexity index is 2050. The van der Waals surface area contributed by atoms with Gasteiger partial charge in [-0.25, -0.2) is 14.4 Å². The second kappa shape index (κ2) is 13.6. The number of hydrogen-bond acceptors (Lipinski definition) is 7. The Labute approximate surface area is 299 Å². The maximum absolute atomic E-state index is 14.9. The van der Waals surface area contributed by atoms with E-state index in [9.17, 15) is 14.4 Å². The van der Waals surface area contributed by atoms with Crippen LogP contribution in [0.4, 0.5) is 10.1 Å². The maximum Gasteiger partial charge on any atom is 0.261 e. The number of benzene rings is 2. The molecule has 1 aliphatic heterocycles. The highest BCUT2D eigenvalue weighted by Crippen LogP contribution is 2.61. The highest BCUT2D eigenvalue weighted by atomic mass is 19.1. The number of piperazine rings is 1. The first-order chi connectivity index (χ1) is 24.5. The van der Waals surface area contributed by atoms with Crippen molar-refractivity contribution in [2.45, 2.75) is 78.6 Å². The predicted molar refractivity (Wildman–Crippen MR) is 197 cm³/mol. The molecule has 3 heterocycles. The number of nitrogens with zero attached hydrogens (tertiary/aromatic N) is 7. The van der Waals surface area contributed by atoms with Crippen LogP contribution in [-0.4, -0.2) is 68.6 Å². The van der Waals surface area contributed by atoms with Crippen LogP contribution in [0.1, 0.15) is 53.0 Å². The number of nitrogens with one attached hydrogen (secondary N) is 1. The van der Waals surface area contributed by atoms with Gasteiger partial charge in [0.15, 0.2) is 12.2 Å². The van der Waals surface area contributed by atoms with Gasteiger partial charge in [0.2, 0.25) is 0 Å². The smallest absolute Gasteiger partial charge is 0.261 e. The Morgan fingerprint density at radius 2 is 1.90 bits per heavy atom. The molecule has 51 heavy (non-hydrogen) atoms. The normalized spacial score (nSPS) is 25.6. The van der Waals surface area contributed by atoms with E-state index in [4.69, 9.17) is 14.7 Å². The van der Waals surface area contributed by atoms with E-state index in [0.717, 1.165) is 12.4 Å². The van der Waals surface area contributed by atoms with Crippen molar-refractivity contribution in [1.82, 2.24) is 29.7 Å². The van der Waals surface area contributed by atoms with Gasteiger partial charge in [-0.3, -0.25) is 14.3 Å². The van der Waals surface area contributed by atoms with Crippen molar-refractivity contribution in [3.63, 3.8) is 0 Å². The molecule has 0 spiro atoms. The van der Waals surface area contributed by atoms with Crippen LogP contribution >= 0.6 is 0 Å². The Morgan fingerprint density at radius 3 is 2.55 bits per heavy atom. The summed E-state index contributed by atoms with van der Waals surface area (Å²) in [6, 6.07) is 14.3. The van der Waals surface area contributed by atoms with Crippen molar-refractivity contribution in [2.75, 3.05) is 20.2 Å². The Balaban J connectivity index is 1.26. The number of halogens is 1. The number of nitriles is 1. The molecule has 1 saturated heterocycles. The summed E-state index contributed by atoms with van der Waals surface area (Å²) < 4.78 is 21.6. The molecule has 266 valence electrons. The number of fused-ring (bicyclic) bond motifs is 3. The second-order valence-electron chi connectivity index (χ2n) is 15.3. The number of methoxy groups -OCH3 is 1. The SMILES string of the molecule is COc1ccc(CCn2c(-c3cccnc3)nc3cc(N=C(N[C@H]4C[C@H]5C[C@H]([C@H]4C)C5(C)C)N4C[C@@H](C)N(C#N)[C@@H](C)C4)ccc3c2=O)c(F)c1. The molecule has 2 bridgehead atoms. The van der Waals surface area contributed by atoms with Crippen molar-refractivity contribution in [3.05, 3.63) is 82.7 Å². The molecule has 3 aliphatic carbocycles. The Kier molecular flexibility index (Phi) is 9.21. The van der Waals surface area contributed by atoms with E-state index in [1.54, 1.807) is 35.2 Å². The van der Waals surface area contributed by atoms with Crippen LogP contribution in [0.25, 0.3) is 22.3 Å². The number of aromatic nitrogens is 3. The molecule has 4 aliphatic rings. The molecule has 10 nitrogen and oxygen atoms in total. The summed E-state index contributed by atoms with van der Waals surface area (Å²) in [4.78, 5) is 32.8. The summed E-state index contributed by atoms with van der Waals surface area (Å²) in [6.07, 6.45) is 8.41. The van der Waals surface area contributed by atoms with Crippen molar-refractivity contribution in [3.8, 4) is 23.3 Å². The molecule has 6 atom stereocenters. The van der Waals surface area contributed by atoms with Crippen LogP contribution in [0.15, 0.2) is 70.7 Å². The minimum Gasteiger partial charge on any atom is -0.497 e. The molecule has 8 rings (SSSR count). The minimum atomic E-state index is -0.382. The predicted octanol–water partition coefficient (Wildman–Crippen LogP) is 6.37. The zero-order valence-electron chi connectivity index (χ0n) is 30.3. The highest BCUT2D eigenvalue weighted by Gasteiger charge is 2.56. The summed E-state index contributed by atoms with van der Waals surface area (Å²) in [7, 11) is 1.50. The number of guanidine groups is 1. The first-order valence-electron chi connectivity index (χ1n) is 18.0. The lowest BCUT2D eigenvalue weighted by atomic mass is 9.45. The van der Waals surface area contributed by atoms with Crippen molar-refractivity contribution >= 4 is 22.5 Å². The summed E-state index contributed by atoms with van der Waals surface area (Å²) in [5, 5.41) is 14.1. The molecular formula is C40H47FN8O2. The fraction of sp³-hybridized carbons (Fsp3) is 0.475. The Hall–Kier alpha value is -4.98. The maximum atomic E-state index is 14.9. The van der Waals surface area contributed by atoms with Gasteiger partial charge in [0, 0.05) is 49.7 Å². The third-order valence-corrected chi connectivity index (χ3v) is 12.0. The van der Waals surface area contributed by atoms with E-state index in [1.165, 1.54) is 19.6 Å². The van der Waals surface area contributed by atoms with Crippen LogP contribution in [0.5, 0.6) is 5.75 Å². The fourth-order valence-electron chi connectivity index (χ4n) is 8.81. The number of rotatable bonds is 7. The monoisotopic (exact) mass is 690 g/mol. The van der Waals surface area contributed by atoms with Crippen LogP contribution < -0.4 is 15.6 Å². The fourth-order valence-corrected chi connectivity index (χ4v) is 8.81. The van der Waals surface area contributed by atoms with Gasteiger partial charge < -0.3 is 19.9 Å². The average Bonchev–Trinajstić information content (AvgIpc) is 3.12. The molecule has 1 N–H and O–H groups in total. The van der Waals surface area contributed by atoms with Crippen molar-refractivity contribution in [2.24, 2.45) is 28.2 Å². The van der Waals surface area contributed by atoms with Crippen LogP contribution in [0.2, 0.25) is 0 Å². The largest absolute Gasteiger partial charge is 0.497 e. The average molecular weight is 691 g/mol. The summed E-state index contributed by atoms with van der Waals surface area (Å²) in [6.45, 7) is 12.9. The first kappa shape index (κ1) is 34.5. The third-order valence-electron chi connectivity index (χ3n) is 12.0. The van der Waals surface area contributed by atoms with Crippen molar-refractivity contribution < 1.29 is 9.13 Å². The van der Waals surface area contributed by atoms with Gasteiger partial charge in [-0.15, -0.1) is 0 Å². The van der Waals surface area contributed by atoms with Gasteiger partial charge in [0.05, 0.1) is 35.8 Å². The Morgan fingerprint density at radius 1 is 1.12 bits per heavy atom. The van der Waals surface area contributed by atoms with E-state index >= 15 is 0 Å². The lowest BCUT2D eigenvalue weighted by Crippen LogP contribution is -2.64. The number of aryl methyl sites for hydroxylation is 1. The first-order valence-corrected chi connectivity index (χ1v) is 18.0. The molecule has 4 aromatic rings. The van der Waals surface area contributed by atoms with E-state index in [0.29, 0.717) is 88.0 Å². The molecular weight excluding hydrogens is 643 g/mol. The number of hydrogen-bond donors (Lipinski definition) is 1. The quantitative estimate of drug-likeness (QED) is 0.135. The van der Waals surface area contributed by atoms with Gasteiger partial charge in [0.25, 0.3) is 5.56 Å². The van der Waals surface area contributed by atoms with Gasteiger partial charge >= 0.3 is 0 Å². The number of pyridine rings is 1. The molecule has 0 radical (unpaired) electrons. The lowest BCUT2D eigenvalue weighted by Gasteiger charge is -2.62. The van der Waals surface area contributed by atoms with Gasteiger partial charge in [-0.2, -0.15) is 5.26 Å². The van der Waals surface area contributed by atoms with E-state index in [1.807, 2.05) is 29.2 Å². The van der Waals surface area contributed by atoms with Crippen molar-refractivity contribution in [1.29, 1.82) is 5.26 Å². The van der Waals surface area contributed by atoms with Crippen LogP contribution in [0.3, 0.4) is 0 Å². The number of ether oxygens (including phenoxy) is 1. The summed E-state index contributed by atoms with van der Waals surface area (Å²) in [5.41, 5.74) is 2.53. The second-order valence-corrected chi connectivity index (χ2v) is 15.3. The van der Waals surface area contributed by atoms with E-state index in [2.05, 4.69) is 56.0 Å². The van der Waals surface area contributed by atoms with Gasteiger partial charge in [-0.1, -0.05) is 26.8 Å². The zero-order valence-corrected chi connectivity index (χ0v) is 30.3. The third kappa shape index (κ3) is 6.41. The standard InChI is InChI=1S/C40H47FN8O2/c1-24-21-47(22-25(2)49(24)23-42)39(46-35-17-29-16-33(26(35)3)40(29,4)5)44-30-10-12-32-36(18-30)45-37(28-8-7-14-43-20-28)48(38(32)50)15-13-27-9-11-31(51-6)19-34(27)41/h7-12,14,18-20,24-26,29,33,35H,13,15-17,21-22H2,1-6H3,(H,44,46)/t24-,25+,26-,29-,33-,35+/m1/s1. The van der Waals surface area contributed by atoms with Crippen LogP contribution in [0, 0.1) is 40.4 Å². The molecule has 2 aromatic heterocycles. The lowest BCUT2D eigenvalue weighted by molar-refractivity contribution is -0.112.